The van der Waals surface area contributed by atoms with Crippen LogP contribution in [0.1, 0.15) is 0 Å². The van der Waals surface area contributed by atoms with Crippen molar-refractivity contribution in [1.29, 1.82) is 0 Å². The summed E-state index contributed by atoms with van der Waals surface area (Å²) in [5.41, 5.74) is 0. The zero-order valence-electron chi connectivity index (χ0n) is 11.9. The molecule has 0 spiro atoms. The molecule has 0 aliphatic heterocycles. The Bertz CT molecular complexity index is 389. The third kappa shape index (κ3) is 8.85. The van der Waals surface area contributed by atoms with E-state index in [-0.39, 0.29) is 25.8 Å². The Kier molecular flexibility index (Phi) is 8.94. The monoisotopic (exact) mass is 297 g/mol. The standard InChI is InChI=1S/C14H23N3O4/c18-9-8-17-14(20)16-7-6-15-10-12(19)11-21-13-4-2-1-3-5-13/h1-5,12,15,18-19H,6-11H2,(H2,16,17,20). The van der Waals surface area contributed by atoms with Gasteiger partial charge in [0.1, 0.15) is 18.5 Å². The SMILES string of the molecule is O=C(NCCO)NCCNCC(O)COc1ccccc1. The quantitative estimate of drug-likeness (QED) is 0.368. The fourth-order valence-electron chi connectivity index (χ4n) is 1.53. The molecule has 5 N–H and O–H groups in total. The van der Waals surface area contributed by atoms with Crippen molar-refractivity contribution in [1.82, 2.24) is 16.0 Å². The van der Waals surface area contributed by atoms with Gasteiger partial charge >= 0.3 is 6.03 Å². The Balaban J connectivity index is 1.98. The van der Waals surface area contributed by atoms with Gasteiger partial charge in [-0.1, -0.05) is 18.2 Å². The van der Waals surface area contributed by atoms with Crippen molar-refractivity contribution in [2.24, 2.45) is 0 Å². The first-order chi connectivity index (χ1) is 10.2. The summed E-state index contributed by atoms with van der Waals surface area (Å²) in [7, 11) is 0. The van der Waals surface area contributed by atoms with Crippen LogP contribution in [-0.4, -0.2) is 61.7 Å². The molecule has 0 saturated heterocycles. The molecule has 0 fully saturated rings. The van der Waals surface area contributed by atoms with Crippen LogP contribution >= 0.6 is 0 Å². The van der Waals surface area contributed by atoms with E-state index in [0.29, 0.717) is 19.6 Å². The molecular weight excluding hydrogens is 274 g/mol. The summed E-state index contributed by atoms with van der Waals surface area (Å²) in [4.78, 5) is 11.1. The topological polar surface area (TPSA) is 103 Å². The lowest BCUT2D eigenvalue weighted by molar-refractivity contribution is 0.106. The Hall–Kier alpha value is -1.83. The van der Waals surface area contributed by atoms with Gasteiger partial charge in [0.05, 0.1) is 6.61 Å². The van der Waals surface area contributed by atoms with E-state index in [1.165, 1.54) is 0 Å². The lowest BCUT2D eigenvalue weighted by atomic mass is 10.3. The number of amides is 2. The van der Waals surface area contributed by atoms with Crippen LogP contribution < -0.4 is 20.7 Å². The van der Waals surface area contributed by atoms with E-state index >= 15 is 0 Å². The summed E-state index contributed by atoms with van der Waals surface area (Å²) in [6.45, 7) is 1.71. The van der Waals surface area contributed by atoms with E-state index in [0.717, 1.165) is 5.75 Å². The Morgan fingerprint density at radius 2 is 1.86 bits per heavy atom. The van der Waals surface area contributed by atoms with Gasteiger partial charge in [-0.3, -0.25) is 0 Å². The number of rotatable bonds is 10. The number of benzene rings is 1. The minimum Gasteiger partial charge on any atom is -0.491 e. The molecule has 0 aliphatic rings. The average Bonchev–Trinajstić information content (AvgIpc) is 2.51. The number of carbonyl (C=O) groups excluding carboxylic acids is 1. The van der Waals surface area contributed by atoms with Crippen molar-refractivity contribution in [2.75, 3.05) is 39.4 Å². The number of hydrogen-bond acceptors (Lipinski definition) is 5. The highest BCUT2D eigenvalue weighted by atomic mass is 16.5. The zero-order chi connectivity index (χ0) is 15.3. The molecular formula is C14H23N3O4. The van der Waals surface area contributed by atoms with Crippen molar-refractivity contribution in [3.63, 3.8) is 0 Å². The maximum Gasteiger partial charge on any atom is 0.314 e. The molecule has 1 rings (SSSR count). The Morgan fingerprint density at radius 3 is 2.57 bits per heavy atom. The molecule has 21 heavy (non-hydrogen) atoms. The van der Waals surface area contributed by atoms with Gasteiger partial charge in [0.25, 0.3) is 0 Å². The zero-order valence-corrected chi connectivity index (χ0v) is 11.9. The second-order valence-electron chi connectivity index (χ2n) is 4.39. The number of carbonyl (C=O) groups is 1. The fourth-order valence-corrected chi connectivity index (χ4v) is 1.53. The van der Waals surface area contributed by atoms with E-state index in [1.54, 1.807) is 0 Å². The molecule has 1 unspecified atom stereocenters. The van der Waals surface area contributed by atoms with Crippen molar-refractivity contribution in [3.8, 4) is 5.75 Å². The summed E-state index contributed by atoms with van der Waals surface area (Å²) in [6.07, 6.45) is -0.617. The van der Waals surface area contributed by atoms with Crippen LogP contribution in [0, 0.1) is 0 Å². The van der Waals surface area contributed by atoms with Gasteiger partial charge in [0.2, 0.25) is 0 Å². The molecule has 0 saturated carbocycles. The van der Waals surface area contributed by atoms with Crippen molar-refractivity contribution in [2.45, 2.75) is 6.10 Å². The summed E-state index contributed by atoms with van der Waals surface area (Å²) in [5, 5.41) is 26.3. The number of para-hydroxylation sites is 1. The van der Waals surface area contributed by atoms with Gasteiger partial charge in [-0.05, 0) is 12.1 Å². The molecule has 7 nitrogen and oxygen atoms in total. The van der Waals surface area contributed by atoms with Crippen LogP contribution in [0.4, 0.5) is 4.79 Å². The van der Waals surface area contributed by atoms with Crippen LogP contribution in [0.5, 0.6) is 5.75 Å². The number of hydrogen-bond donors (Lipinski definition) is 5. The smallest absolute Gasteiger partial charge is 0.314 e. The minimum atomic E-state index is -0.617. The number of ether oxygens (including phenoxy) is 1. The Morgan fingerprint density at radius 1 is 1.14 bits per heavy atom. The molecule has 2 amide bonds. The highest BCUT2D eigenvalue weighted by Gasteiger charge is 2.04. The first kappa shape index (κ1) is 17.2. The largest absolute Gasteiger partial charge is 0.491 e. The molecule has 1 atom stereocenters. The second kappa shape index (κ2) is 10.9. The normalized spacial score (nSPS) is 11.7. The van der Waals surface area contributed by atoms with Gasteiger partial charge in [-0.2, -0.15) is 0 Å². The molecule has 0 bridgehead atoms. The summed E-state index contributed by atoms with van der Waals surface area (Å²) in [5.74, 6) is 0.721. The molecule has 118 valence electrons. The van der Waals surface area contributed by atoms with Gasteiger partial charge in [-0.25, -0.2) is 4.79 Å². The predicted octanol–water partition coefficient (Wildman–Crippen LogP) is -0.693. The average molecular weight is 297 g/mol. The first-order valence-corrected chi connectivity index (χ1v) is 6.91. The fraction of sp³-hybridized carbons (Fsp3) is 0.500. The minimum absolute atomic E-state index is 0.0841. The van der Waals surface area contributed by atoms with Crippen molar-refractivity contribution >= 4 is 6.03 Å². The highest BCUT2D eigenvalue weighted by Crippen LogP contribution is 2.08. The lowest BCUT2D eigenvalue weighted by Gasteiger charge is -2.13. The number of aliphatic hydroxyl groups excluding tert-OH is 2. The van der Waals surface area contributed by atoms with Crippen molar-refractivity contribution in [3.05, 3.63) is 30.3 Å². The molecule has 7 heteroatoms. The van der Waals surface area contributed by atoms with E-state index in [2.05, 4.69) is 16.0 Å². The molecule has 0 aliphatic carbocycles. The molecule has 1 aromatic carbocycles. The van der Waals surface area contributed by atoms with Crippen LogP contribution in [0.25, 0.3) is 0 Å². The number of urea groups is 1. The second-order valence-corrected chi connectivity index (χ2v) is 4.39. The number of nitrogens with one attached hydrogen (secondary N) is 3. The maximum atomic E-state index is 11.1. The van der Waals surface area contributed by atoms with E-state index < -0.39 is 6.10 Å². The van der Waals surface area contributed by atoms with Gasteiger partial charge < -0.3 is 30.9 Å². The maximum absolute atomic E-state index is 11.1. The molecule has 0 radical (unpaired) electrons. The molecule has 0 aromatic heterocycles. The van der Waals surface area contributed by atoms with Gasteiger partial charge in [0.15, 0.2) is 0 Å². The van der Waals surface area contributed by atoms with Gasteiger partial charge in [0, 0.05) is 26.2 Å². The molecule has 1 aromatic rings. The third-order valence-electron chi connectivity index (χ3n) is 2.55. The predicted molar refractivity (Wildman–Crippen MR) is 79.3 cm³/mol. The van der Waals surface area contributed by atoms with Gasteiger partial charge in [-0.15, -0.1) is 0 Å². The summed E-state index contributed by atoms with van der Waals surface area (Å²) < 4.78 is 5.41. The summed E-state index contributed by atoms with van der Waals surface area (Å²) in [6, 6.07) is 8.97. The lowest BCUT2D eigenvalue weighted by Crippen LogP contribution is -2.41. The van der Waals surface area contributed by atoms with Crippen LogP contribution in [0.3, 0.4) is 0 Å². The van der Waals surface area contributed by atoms with E-state index in [4.69, 9.17) is 9.84 Å². The van der Waals surface area contributed by atoms with Crippen LogP contribution in [0.2, 0.25) is 0 Å². The van der Waals surface area contributed by atoms with Crippen LogP contribution in [-0.2, 0) is 0 Å². The number of aliphatic hydroxyl groups is 2. The van der Waals surface area contributed by atoms with E-state index in [9.17, 15) is 9.90 Å². The van der Waals surface area contributed by atoms with Crippen molar-refractivity contribution < 1.29 is 19.7 Å². The van der Waals surface area contributed by atoms with Crippen LogP contribution in [0.15, 0.2) is 30.3 Å². The first-order valence-electron chi connectivity index (χ1n) is 6.91. The third-order valence-corrected chi connectivity index (χ3v) is 2.55. The highest BCUT2D eigenvalue weighted by molar-refractivity contribution is 5.73. The molecule has 0 heterocycles. The summed E-state index contributed by atoms with van der Waals surface area (Å²) >= 11 is 0. The van der Waals surface area contributed by atoms with E-state index in [1.807, 2.05) is 30.3 Å². The Labute approximate surface area is 124 Å².